The van der Waals surface area contributed by atoms with Gasteiger partial charge in [-0.1, -0.05) is 12.1 Å². The Morgan fingerprint density at radius 1 is 1.22 bits per heavy atom. The summed E-state index contributed by atoms with van der Waals surface area (Å²) >= 11 is 0. The van der Waals surface area contributed by atoms with Gasteiger partial charge in [-0.2, -0.15) is 0 Å². The number of benzene rings is 1. The number of hydrogen-bond donors (Lipinski definition) is 0. The second-order valence-corrected chi connectivity index (χ2v) is 8.50. The zero-order chi connectivity index (χ0) is 16.8. The molecule has 2 heterocycles. The number of amides is 1. The minimum absolute atomic E-state index is 0.0435. The van der Waals surface area contributed by atoms with Crippen molar-refractivity contribution in [2.24, 2.45) is 0 Å². The molecule has 0 saturated carbocycles. The van der Waals surface area contributed by atoms with E-state index in [9.17, 15) is 13.2 Å². The largest absolute Gasteiger partial charge is 0.496 e. The maximum Gasteiger partial charge on any atom is 0.258 e. The molecule has 1 aromatic rings. The van der Waals surface area contributed by atoms with Crippen LogP contribution < -0.4 is 4.74 Å². The van der Waals surface area contributed by atoms with Crippen LogP contribution in [0.3, 0.4) is 0 Å². The molecular weight excluding hydrogens is 316 g/mol. The van der Waals surface area contributed by atoms with Gasteiger partial charge < -0.3 is 9.64 Å². The molecule has 3 rings (SSSR count). The summed E-state index contributed by atoms with van der Waals surface area (Å²) in [6.45, 7) is 3.10. The van der Waals surface area contributed by atoms with Gasteiger partial charge in [0.1, 0.15) is 5.75 Å². The number of para-hydroxylation sites is 1. The highest BCUT2D eigenvalue weighted by Crippen LogP contribution is 2.30. The van der Waals surface area contributed by atoms with Gasteiger partial charge in [-0.25, -0.2) is 8.42 Å². The van der Waals surface area contributed by atoms with E-state index < -0.39 is 9.84 Å². The molecule has 2 atom stereocenters. The Bertz CT molecular complexity index is 732. The number of ether oxygens (including phenoxy) is 1. The van der Waals surface area contributed by atoms with Gasteiger partial charge in [0.05, 0.1) is 30.2 Å². The summed E-state index contributed by atoms with van der Waals surface area (Å²) in [4.78, 5) is 16.8. The van der Waals surface area contributed by atoms with E-state index in [0.29, 0.717) is 24.4 Å². The molecule has 0 unspecified atom stereocenters. The van der Waals surface area contributed by atoms with Crippen molar-refractivity contribution in [1.29, 1.82) is 0 Å². The van der Waals surface area contributed by atoms with Crippen molar-refractivity contribution in [3.63, 3.8) is 0 Å². The van der Waals surface area contributed by atoms with Crippen molar-refractivity contribution in [2.75, 3.05) is 38.8 Å². The third-order valence-corrected chi connectivity index (χ3v) is 6.56. The highest BCUT2D eigenvalue weighted by molar-refractivity contribution is 7.91. The molecule has 2 aliphatic heterocycles. The average Bonchev–Trinajstić information content (AvgIpc) is 2.83. The molecule has 0 aromatic heterocycles. The number of aryl methyl sites for hydroxylation is 1. The van der Waals surface area contributed by atoms with Crippen LogP contribution in [-0.4, -0.2) is 75.0 Å². The zero-order valence-electron chi connectivity index (χ0n) is 13.7. The SMILES string of the molecule is COc1c(C)cccc1C(=O)N1CCN(C)[C@H]2CS(=O)(=O)C[C@H]21. The first kappa shape index (κ1) is 16.3. The molecule has 126 valence electrons. The molecule has 2 saturated heterocycles. The van der Waals surface area contributed by atoms with E-state index in [2.05, 4.69) is 0 Å². The highest BCUT2D eigenvalue weighted by atomic mass is 32.2. The molecule has 2 fully saturated rings. The second kappa shape index (κ2) is 5.79. The van der Waals surface area contributed by atoms with Gasteiger partial charge in [-0.3, -0.25) is 9.69 Å². The molecule has 6 nitrogen and oxygen atoms in total. The number of likely N-dealkylation sites (N-methyl/N-ethyl adjacent to an activating group) is 1. The topological polar surface area (TPSA) is 66.9 Å². The van der Waals surface area contributed by atoms with Crippen LogP contribution in [0.1, 0.15) is 15.9 Å². The minimum Gasteiger partial charge on any atom is -0.496 e. The van der Waals surface area contributed by atoms with Crippen LogP contribution in [0.4, 0.5) is 0 Å². The van der Waals surface area contributed by atoms with Gasteiger partial charge in [0, 0.05) is 19.1 Å². The molecule has 23 heavy (non-hydrogen) atoms. The summed E-state index contributed by atoms with van der Waals surface area (Å²) in [7, 11) is 0.371. The minimum atomic E-state index is -3.10. The number of fused-ring (bicyclic) bond motifs is 1. The normalized spacial score (nSPS) is 26.8. The van der Waals surface area contributed by atoms with Crippen LogP contribution in [0.25, 0.3) is 0 Å². The standard InChI is InChI=1S/C16H22N2O4S/c1-11-5-4-6-12(15(11)22-3)16(19)18-8-7-17(2)13-9-23(20,21)10-14(13)18/h4-6,13-14H,7-10H2,1-3H3/t13-,14+/m0/s1. The summed E-state index contributed by atoms with van der Waals surface area (Å²) < 4.78 is 29.5. The molecule has 0 aliphatic carbocycles. The van der Waals surface area contributed by atoms with Crippen LogP contribution in [0.5, 0.6) is 5.75 Å². The van der Waals surface area contributed by atoms with Gasteiger partial charge in [0.25, 0.3) is 5.91 Å². The van der Waals surface area contributed by atoms with Crippen LogP contribution in [0.2, 0.25) is 0 Å². The zero-order valence-corrected chi connectivity index (χ0v) is 14.5. The number of hydrogen-bond acceptors (Lipinski definition) is 5. The number of methoxy groups -OCH3 is 1. The van der Waals surface area contributed by atoms with E-state index in [1.165, 1.54) is 0 Å². The number of nitrogens with zero attached hydrogens (tertiary/aromatic N) is 2. The Balaban J connectivity index is 1.95. The van der Waals surface area contributed by atoms with Gasteiger partial charge >= 0.3 is 0 Å². The predicted octanol–water partition coefficient (Wildman–Crippen LogP) is 0.557. The fourth-order valence-electron chi connectivity index (χ4n) is 3.63. The lowest BCUT2D eigenvalue weighted by Crippen LogP contribution is -2.59. The third-order valence-electron chi connectivity index (χ3n) is 4.86. The number of rotatable bonds is 2. The first-order valence-corrected chi connectivity index (χ1v) is 9.51. The van der Waals surface area contributed by atoms with Crippen molar-refractivity contribution in [2.45, 2.75) is 19.0 Å². The van der Waals surface area contributed by atoms with Crippen LogP contribution in [0, 0.1) is 6.92 Å². The van der Waals surface area contributed by atoms with Crippen molar-refractivity contribution in [1.82, 2.24) is 9.80 Å². The Kier molecular flexibility index (Phi) is 4.10. The fourth-order valence-corrected chi connectivity index (χ4v) is 5.68. The summed E-state index contributed by atoms with van der Waals surface area (Å²) in [5, 5.41) is 0. The van der Waals surface area contributed by atoms with Crippen LogP contribution in [-0.2, 0) is 9.84 Å². The second-order valence-electron chi connectivity index (χ2n) is 6.35. The van der Waals surface area contributed by atoms with Gasteiger partial charge in [-0.15, -0.1) is 0 Å². The monoisotopic (exact) mass is 338 g/mol. The van der Waals surface area contributed by atoms with E-state index in [0.717, 1.165) is 5.56 Å². The van der Waals surface area contributed by atoms with E-state index >= 15 is 0 Å². The lowest BCUT2D eigenvalue weighted by Gasteiger charge is -2.42. The van der Waals surface area contributed by atoms with E-state index in [-0.39, 0.29) is 29.5 Å². The predicted molar refractivity (Wildman–Crippen MR) is 87.6 cm³/mol. The quantitative estimate of drug-likeness (QED) is 0.788. The molecule has 0 radical (unpaired) electrons. The van der Waals surface area contributed by atoms with Crippen LogP contribution in [0.15, 0.2) is 18.2 Å². The lowest BCUT2D eigenvalue weighted by atomic mass is 10.0. The van der Waals surface area contributed by atoms with Crippen molar-refractivity contribution in [3.05, 3.63) is 29.3 Å². The Labute approximate surface area is 136 Å². The van der Waals surface area contributed by atoms with Crippen LogP contribution >= 0.6 is 0 Å². The highest BCUT2D eigenvalue weighted by Gasteiger charge is 2.47. The Morgan fingerprint density at radius 2 is 1.91 bits per heavy atom. The third kappa shape index (κ3) is 2.83. The van der Waals surface area contributed by atoms with Gasteiger partial charge in [-0.05, 0) is 25.6 Å². The van der Waals surface area contributed by atoms with Crippen molar-refractivity contribution >= 4 is 15.7 Å². The maximum atomic E-state index is 13.0. The van der Waals surface area contributed by atoms with Gasteiger partial charge in [0.2, 0.25) is 0 Å². The lowest BCUT2D eigenvalue weighted by molar-refractivity contribution is 0.0407. The van der Waals surface area contributed by atoms with Crippen molar-refractivity contribution < 1.29 is 17.9 Å². The number of piperazine rings is 1. The molecular formula is C16H22N2O4S. The molecule has 1 amide bonds. The number of carbonyl (C=O) groups is 1. The molecule has 0 N–H and O–H groups in total. The Morgan fingerprint density at radius 3 is 2.61 bits per heavy atom. The van der Waals surface area contributed by atoms with E-state index in [4.69, 9.17) is 4.74 Å². The smallest absolute Gasteiger partial charge is 0.258 e. The first-order chi connectivity index (χ1) is 10.8. The molecule has 0 bridgehead atoms. The van der Waals surface area contributed by atoms with E-state index in [1.54, 1.807) is 18.1 Å². The summed E-state index contributed by atoms with van der Waals surface area (Å²) in [5.74, 6) is 0.588. The van der Waals surface area contributed by atoms with Gasteiger partial charge in [0.15, 0.2) is 9.84 Å². The summed E-state index contributed by atoms with van der Waals surface area (Å²) in [5.41, 5.74) is 1.39. The summed E-state index contributed by atoms with van der Waals surface area (Å²) in [6.07, 6.45) is 0. The number of carbonyl (C=O) groups excluding carboxylic acids is 1. The molecule has 0 spiro atoms. The van der Waals surface area contributed by atoms with Crippen molar-refractivity contribution in [3.8, 4) is 5.75 Å². The first-order valence-electron chi connectivity index (χ1n) is 7.69. The molecule has 1 aromatic carbocycles. The molecule has 7 heteroatoms. The summed E-state index contributed by atoms with van der Waals surface area (Å²) in [6, 6.07) is 5.06. The van der Waals surface area contributed by atoms with E-state index in [1.807, 2.05) is 31.0 Å². The fraction of sp³-hybridized carbons (Fsp3) is 0.562. The Hall–Kier alpha value is -1.60. The maximum absolute atomic E-state index is 13.0. The number of sulfone groups is 1. The molecule has 2 aliphatic rings. The average molecular weight is 338 g/mol.